The summed E-state index contributed by atoms with van der Waals surface area (Å²) in [4.78, 5) is 0. The van der Waals surface area contributed by atoms with Crippen LogP contribution in [0.3, 0.4) is 0 Å². The zero-order valence-corrected chi connectivity index (χ0v) is 19.4. The number of halogens is 1. The molecule has 0 aliphatic heterocycles. The highest BCUT2D eigenvalue weighted by molar-refractivity contribution is 5.85. The van der Waals surface area contributed by atoms with Crippen LogP contribution in [-0.2, 0) is 18.4 Å². The van der Waals surface area contributed by atoms with Crippen molar-refractivity contribution < 1.29 is 4.74 Å². The average molecular weight is 404 g/mol. The lowest BCUT2D eigenvalue weighted by atomic mass is 9.89. The first-order valence-electron chi connectivity index (χ1n) is 10.2. The summed E-state index contributed by atoms with van der Waals surface area (Å²) in [5.74, 6) is 2.23. The molecule has 0 amide bonds. The van der Waals surface area contributed by atoms with E-state index >= 15 is 0 Å². The lowest BCUT2D eigenvalue weighted by Gasteiger charge is -2.27. The molecule has 3 heteroatoms. The predicted molar refractivity (Wildman–Crippen MR) is 123 cm³/mol. The van der Waals surface area contributed by atoms with E-state index in [9.17, 15) is 0 Å². The van der Waals surface area contributed by atoms with Crippen LogP contribution in [0.1, 0.15) is 76.8 Å². The molecule has 1 unspecified atom stereocenters. The minimum absolute atomic E-state index is 0. The van der Waals surface area contributed by atoms with Gasteiger partial charge in [-0.05, 0) is 73.8 Å². The van der Waals surface area contributed by atoms with E-state index in [2.05, 4.69) is 71.0 Å². The van der Waals surface area contributed by atoms with Crippen molar-refractivity contribution in [3.8, 4) is 5.75 Å². The van der Waals surface area contributed by atoms with Crippen molar-refractivity contribution in [3.63, 3.8) is 0 Å². The second-order valence-corrected chi connectivity index (χ2v) is 9.16. The third kappa shape index (κ3) is 6.53. The number of benzene rings is 2. The van der Waals surface area contributed by atoms with Gasteiger partial charge in [0.15, 0.2) is 0 Å². The van der Waals surface area contributed by atoms with E-state index in [1.807, 2.05) is 19.9 Å². The third-order valence-corrected chi connectivity index (χ3v) is 4.87. The van der Waals surface area contributed by atoms with Crippen LogP contribution in [0.2, 0.25) is 0 Å². The lowest BCUT2D eigenvalue weighted by molar-refractivity contribution is 0.220. The van der Waals surface area contributed by atoms with E-state index in [1.54, 1.807) is 0 Å². The van der Waals surface area contributed by atoms with Crippen LogP contribution < -0.4 is 10.5 Å². The van der Waals surface area contributed by atoms with Crippen molar-refractivity contribution in [2.75, 3.05) is 0 Å². The molecule has 1 atom stereocenters. The Hall–Kier alpha value is -1.51. The number of hydrogen-bond donors (Lipinski definition) is 1. The second-order valence-electron chi connectivity index (χ2n) is 9.16. The fourth-order valence-corrected chi connectivity index (χ4v) is 3.68. The summed E-state index contributed by atoms with van der Waals surface area (Å²) in [7, 11) is 0. The van der Waals surface area contributed by atoms with Crippen LogP contribution in [-0.4, -0.2) is 0 Å². The summed E-state index contributed by atoms with van der Waals surface area (Å²) in [6.45, 7) is 15.3. The van der Waals surface area contributed by atoms with Crippen molar-refractivity contribution in [2.24, 2.45) is 17.6 Å². The molecule has 2 aromatic rings. The van der Waals surface area contributed by atoms with Crippen molar-refractivity contribution in [1.82, 2.24) is 0 Å². The maximum Gasteiger partial charge on any atom is 0.123 e. The predicted octanol–water partition coefficient (Wildman–Crippen LogP) is 6.84. The summed E-state index contributed by atoms with van der Waals surface area (Å²) in [5.41, 5.74) is 11.1. The monoisotopic (exact) mass is 403 g/mol. The third-order valence-electron chi connectivity index (χ3n) is 4.87. The molecule has 0 aliphatic carbocycles. The molecule has 0 radical (unpaired) electrons. The largest absolute Gasteiger partial charge is 0.486 e. The van der Waals surface area contributed by atoms with Gasteiger partial charge in [0.25, 0.3) is 0 Å². The Kier molecular flexibility index (Phi) is 9.04. The first kappa shape index (κ1) is 24.5. The van der Waals surface area contributed by atoms with Gasteiger partial charge in [-0.2, -0.15) is 0 Å². The summed E-state index contributed by atoms with van der Waals surface area (Å²) in [6, 6.07) is 14.9. The molecule has 2 rings (SSSR count). The van der Waals surface area contributed by atoms with Crippen LogP contribution in [0.15, 0.2) is 42.5 Å². The van der Waals surface area contributed by atoms with Gasteiger partial charge < -0.3 is 10.5 Å². The van der Waals surface area contributed by atoms with Crippen molar-refractivity contribution in [3.05, 3.63) is 64.7 Å². The normalized spacial score (nSPS) is 12.8. The highest BCUT2D eigenvalue weighted by Crippen LogP contribution is 2.33. The molecule has 0 heterocycles. The molecule has 0 aromatic heterocycles. The zero-order valence-electron chi connectivity index (χ0n) is 18.6. The molecule has 2 nitrogen and oxygen atoms in total. The average Bonchev–Trinajstić information content (AvgIpc) is 2.56. The van der Waals surface area contributed by atoms with E-state index in [4.69, 9.17) is 10.5 Å². The van der Waals surface area contributed by atoms with Gasteiger partial charge >= 0.3 is 0 Å². The van der Waals surface area contributed by atoms with Gasteiger partial charge in [-0.3, -0.25) is 0 Å². The summed E-state index contributed by atoms with van der Waals surface area (Å²) in [6.07, 6.45) is 2.07. The standard InChI is InChI=1S/C25H37NO.ClH/c1-17(2)15-20-11-10-14-24(22(20)16-18(3)4)27-19(5)21-12-8-9-13-23(21)25(6,7)26;/h8-14,17-19H,15-16,26H2,1-7H3;1H. The molecule has 0 saturated heterocycles. The molecule has 0 saturated carbocycles. The van der Waals surface area contributed by atoms with Gasteiger partial charge in [-0.25, -0.2) is 0 Å². The van der Waals surface area contributed by atoms with Crippen LogP contribution >= 0.6 is 12.4 Å². The first-order valence-corrected chi connectivity index (χ1v) is 10.2. The van der Waals surface area contributed by atoms with Gasteiger partial charge in [-0.1, -0.05) is 64.1 Å². The minimum atomic E-state index is -0.394. The van der Waals surface area contributed by atoms with Crippen LogP contribution in [0.5, 0.6) is 5.75 Å². The van der Waals surface area contributed by atoms with Crippen molar-refractivity contribution in [1.29, 1.82) is 0 Å². The van der Waals surface area contributed by atoms with E-state index in [0.29, 0.717) is 11.8 Å². The van der Waals surface area contributed by atoms with Crippen LogP contribution in [0.4, 0.5) is 0 Å². The molecule has 0 aliphatic rings. The Morgan fingerprint density at radius 2 is 1.46 bits per heavy atom. The number of rotatable bonds is 8. The number of ether oxygens (including phenoxy) is 1. The molecular formula is C25H38ClNO. The molecule has 0 bridgehead atoms. The smallest absolute Gasteiger partial charge is 0.123 e. The second kappa shape index (κ2) is 10.3. The molecule has 156 valence electrons. The van der Waals surface area contributed by atoms with Gasteiger partial charge in [-0.15, -0.1) is 12.4 Å². The minimum Gasteiger partial charge on any atom is -0.486 e. The summed E-state index contributed by atoms with van der Waals surface area (Å²) in [5, 5.41) is 0. The zero-order chi connectivity index (χ0) is 20.2. The highest BCUT2D eigenvalue weighted by atomic mass is 35.5. The molecular weight excluding hydrogens is 366 g/mol. The topological polar surface area (TPSA) is 35.2 Å². The maximum atomic E-state index is 6.53. The van der Waals surface area contributed by atoms with Crippen molar-refractivity contribution >= 4 is 12.4 Å². The fraction of sp³-hybridized carbons (Fsp3) is 0.520. The Morgan fingerprint density at radius 1 is 0.857 bits per heavy atom. The van der Waals surface area contributed by atoms with Gasteiger partial charge in [0.2, 0.25) is 0 Å². The molecule has 2 aromatic carbocycles. The molecule has 0 fully saturated rings. The highest BCUT2D eigenvalue weighted by Gasteiger charge is 2.22. The van der Waals surface area contributed by atoms with E-state index in [0.717, 1.165) is 29.7 Å². The number of hydrogen-bond acceptors (Lipinski definition) is 2. The van der Waals surface area contributed by atoms with Crippen LogP contribution in [0.25, 0.3) is 0 Å². The Morgan fingerprint density at radius 3 is 2.04 bits per heavy atom. The van der Waals surface area contributed by atoms with Gasteiger partial charge in [0.05, 0.1) is 0 Å². The van der Waals surface area contributed by atoms with E-state index in [-0.39, 0.29) is 18.5 Å². The van der Waals surface area contributed by atoms with Crippen LogP contribution in [0, 0.1) is 11.8 Å². The van der Waals surface area contributed by atoms with Crippen molar-refractivity contribution in [2.45, 2.75) is 73.0 Å². The van der Waals surface area contributed by atoms with E-state index in [1.165, 1.54) is 11.1 Å². The SMILES string of the molecule is CC(C)Cc1cccc(OC(C)c2ccccc2C(C)(C)N)c1CC(C)C.Cl. The molecule has 28 heavy (non-hydrogen) atoms. The molecule has 0 spiro atoms. The lowest BCUT2D eigenvalue weighted by Crippen LogP contribution is -2.30. The number of nitrogens with two attached hydrogens (primary N) is 1. The molecule has 2 N–H and O–H groups in total. The quantitative estimate of drug-likeness (QED) is 0.523. The Balaban J connectivity index is 0.00000392. The fourth-order valence-electron chi connectivity index (χ4n) is 3.68. The van der Waals surface area contributed by atoms with E-state index < -0.39 is 5.54 Å². The Labute approximate surface area is 178 Å². The van der Waals surface area contributed by atoms with Gasteiger partial charge in [0, 0.05) is 5.54 Å². The Bertz CT molecular complexity index is 746. The summed E-state index contributed by atoms with van der Waals surface area (Å²) < 4.78 is 6.53. The first-order chi connectivity index (χ1) is 12.6. The maximum absolute atomic E-state index is 6.53. The summed E-state index contributed by atoms with van der Waals surface area (Å²) >= 11 is 0. The van der Waals surface area contributed by atoms with Gasteiger partial charge in [0.1, 0.15) is 11.9 Å².